The minimum atomic E-state index is -3.87. The Hall–Kier alpha value is -0.820. The maximum atomic E-state index is 12.0. The summed E-state index contributed by atoms with van der Waals surface area (Å²) in [4.78, 5) is 11.3. The van der Waals surface area contributed by atoms with Crippen molar-refractivity contribution < 1.29 is 13.2 Å². The number of hydrogen-bond acceptors (Lipinski definition) is 3. The minimum absolute atomic E-state index is 0.0458. The normalized spacial score (nSPS) is 11.7. The number of amides is 1. The van der Waals surface area contributed by atoms with E-state index < -0.39 is 15.9 Å². The van der Waals surface area contributed by atoms with Gasteiger partial charge in [-0.25, -0.2) is 13.1 Å². The molecule has 5 nitrogen and oxygen atoms in total. The Kier molecular flexibility index (Phi) is 6.26. The van der Waals surface area contributed by atoms with Crippen LogP contribution in [0.25, 0.3) is 0 Å². The minimum Gasteiger partial charge on any atom is -0.355 e. The molecule has 1 aromatic rings. The topological polar surface area (TPSA) is 75.3 Å². The third-order valence-electron chi connectivity index (χ3n) is 2.31. The monoisotopic (exact) mass is 338 g/mol. The van der Waals surface area contributed by atoms with E-state index in [0.29, 0.717) is 6.54 Å². The summed E-state index contributed by atoms with van der Waals surface area (Å²) < 4.78 is 26.2. The van der Waals surface area contributed by atoms with Crippen molar-refractivity contribution in [3.8, 4) is 0 Å². The zero-order valence-electron chi connectivity index (χ0n) is 11.1. The largest absolute Gasteiger partial charge is 0.355 e. The molecule has 0 aliphatic rings. The molecule has 2 N–H and O–H groups in total. The quantitative estimate of drug-likeness (QED) is 0.833. The molecule has 0 spiro atoms. The summed E-state index contributed by atoms with van der Waals surface area (Å²) in [5, 5.41) is 2.90. The van der Waals surface area contributed by atoms with Gasteiger partial charge in [-0.05, 0) is 24.1 Å². The fourth-order valence-electron chi connectivity index (χ4n) is 1.30. The summed E-state index contributed by atoms with van der Waals surface area (Å²) in [6.07, 6.45) is 0. The van der Waals surface area contributed by atoms with E-state index in [9.17, 15) is 13.2 Å². The van der Waals surface area contributed by atoms with Crippen molar-refractivity contribution in [2.45, 2.75) is 18.7 Å². The first-order valence-electron chi connectivity index (χ1n) is 5.94. The molecule has 0 aromatic heterocycles. The molecule has 0 fully saturated rings. The third kappa shape index (κ3) is 5.28. The molecule has 0 saturated carbocycles. The van der Waals surface area contributed by atoms with Crippen LogP contribution in [-0.4, -0.2) is 27.4 Å². The number of benzene rings is 1. The molecule has 0 saturated heterocycles. The number of sulfonamides is 1. The van der Waals surface area contributed by atoms with E-state index in [1.54, 1.807) is 0 Å². The van der Waals surface area contributed by atoms with Gasteiger partial charge in [-0.2, -0.15) is 0 Å². The molecule has 0 bridgehead atoms. The van der Waals surface area contributed by atoms with Gasteiger partial charge < -0.3 is 5.32 Å². The molecule has 8 heteroatoms. The fraction of sp³-hybridized carbons (Fsp3) is 0.417. The first-order chi connectivity index (χ1) is 9.22. The summed E-state index contributed by atoms with van der Waals surface area (Å²) in [5.74, 6) is -0.113. The van der Waals surface area contributed by atoms with Crippen LogP contribution in [0.1, 0.15) is 13.8 Å². The smallest absolute Gasteiger partial charge is 0.242 e. The Labute approximate surface area is 128 Å². The van der Waals surface area contributed by atoms with Crippen molar-refractivity contribution in [1.82, 2.24) is 10.0 Å². The lowest BCUT2D eigenvalue weighted by molar-refractivity contribution is -0.120. The van der Waals surface area contributed by atoms with Gasteiger partial charge in [-0.3, -0.25) is 4.79 Å². The van der Waals surface area contributed by atoms with Gasteiger partial charge in [0.2, 0.25) is 15.9 Å². The van der Waals surface area contributed by atoms with Crippen molar-refractivity contribution in [1.29, 1.82) is 0 Å². The lowest BCUT2D eigenvalue weighted by atomic mass is 10.2. The number of rotatable bonds is 6. The maximum absolute atomic E-state index is 12.0. The molecule has 1 rings (SSSR count). The molecular weight excluding hydrogens is 323 g/mol. The summed E-state index contributed by atoms with van der Waals surface area (Å²) >= 11 is 11.6. The number of carbonyl (C=O) groups is 1. The van der Waals surface area contributed by atoms with Crippen LogP contribution in [0.2, 0.25) is 10.0 Å². The van der Waals surface area contributed by atoms with E-state index >= 15 is 0 Å². The van der Waals surface area contributed by atoms with E-state index in [0.717, 1.165) is 0 Å². The molecule has 0 radical (unpaired) electrons. The fourth-order valence-corrected chi connectivity index (χ4v) is 3.04. The third-order valence-corrected chi connectivity index (χ3v) is 4.43. The molecule has 112 valence electrons. The molecule has 0 aliphatic carbocycles. The number of carbonyl (C=O) groups excluding carboxylic acids is 1. The van der Waals surface area contributed by atoms with Gasteiger partial charge in [0.05, 0.1) is 11.6 Å². The summed E-state index contributed by atoms with van der Waals surface area (Å²) in [5.41, 5.74) is 0. The molecular formula is C12H16Cl2N2O3S. The Balaban J connectivity index is 2.71. The Morgan fingerprint density at radius 2 is 1.95 bits per heavy atom. The highest BCUT2D eigenvalue weighted by Gasteiger charge is 2.19. The van der Waals surface area contributed by atoms with Gasteiger partial charge >= 0.3 is 0 Å². The molecule has 0 aliphatic heterocycles. The summed E-state index contributed by atoms with van der Waals surface area (Å²) in [7, 11) is -3.87. The second-order valence-electron chi connectivity index (χ2n) is 4.60. The zero-order chi connectivity index (χ0) is 15.3. The van der Waals surface area contributed by atoms with Crippen LogP contribution >= 0.6 is 23.2 Å². The van der Waals surface area contributed by atoms with Crippen molar-refractivity contribution >= 4 is 39.1 Å². The van der Waals surface area contributed by atoms with Crippen LogP contribution in [0.5, 0.6) is 0 Å². The van der Waals surface area contributed by atoms with E-state index in [1.807, 2.05) is 13.8 Å². The predicted molar refractivity (Wildman–Crippen MR) is 79.5 cm³/mol. The Morgan fingerprint density at radius 1 is 1.30 bits per heavy atom. The van der Waals surface area contributed by atoms with Crippen molar-refractivity contribution in [3.63, 3.8) is 0 Å². The Bertz CT molecular complexity index is 588. The lowest BCUT2D eigenvalue weighted by Gasteiger charge is -2.10. The molecule has 0 atom stereocenters. The standard InChI is InChI=1S/C12H16Cl2N2O3S/c1-8(2)6-15-12(17)7-16-20(18,19)11-5-9(13)3-4-10(11)14/h3-5,8,16H,6-7H2,1-2H3,(H,15,17). The van der Waals surface area contributed by atoms with Gasteiger partial charge in [0.1, 0.15) is 4.90 Å². The summed E-state index contributed by atoms with van der Waals surface area (Å²) in [6, 6.07) is 4.10. The first kappa shape index (κ1) is 17.2. The van der Waals surface area contributed by atoms with Crippen LogP contribution in [-0.2, 0) is 14.8 Å². The second kappa shape index (κ2) is 7.26. The first-order valence-corrected chi connectivity index (χ1v) is 8.17. The number of nitrogens with one attached hydrogen (secondary N) is 2. The van der Waals surface area contributed by atoms with Crippen LogP contribution in [0.15, 0.2) is 23.1 Å². The van der Waals surface area contributed by atoms with Crippen LogP contribution in [0.3, 0.4) is 0 Å². The van der Waals surface area contributed by atoms with E-state index in [1.165, 1.54) is 18.2 Å². The van der Waals surface area contributed by atoms with Gasteiger partial charge in [-0.15, -0.1) is 0 Å². The summed E-state index contributed by atoms with van der Waals surface area (Å²) in [6.45, 7) is 4.02. The van der Waals surface area contributed by atoms with Crippen molar-refractivity contribution in [2.24, 2.45) is 5.92 Å². The SMILES string of the molecule is CC(C)CNC(=O)CNS(=O)(=O)c1cc(Cl)ccc1Cl. The van der Waals surface area contributed by atoms with Gasteiger partial charge in [0.15, 0.2) is 0 Å². The highest BCUT2D eigenvalue weighted by molar-refractivity contribution is 7.89. The predicted octanol–water partition coefficient (Wildman–Crippen LogP) is 2.04. The van der Waals surface area contributed by atoms with E-state index in [2.05, 4.69) is 10.0 Å². The molecule has 1 amide bonds. The molecule has 0 unspecified atom stereocenters. The van der Waals surface area contributed by atoms with Crippen molar-refractivity contribution in [2.75, 3.05) is 13.1 Å². The van der Waals surface area contributed by atoms with E-state index in [4.69, 9.17) is 23.2 Å². The van der Waals surface area contributed by atoms with Gasteiger partial charge in [0, 0.05) is 11.6 Å². The van der Waals surface area contributed by atoms with E-state index in [-0.39, 0.29) is 27.4 Å². The van der Waals surface area contributed by atoms with Crippen LogP contribution < -0.4 is 10.0 Å². The zero-order valence-corrected chi connectivity index (χ0v) is 13.4. The molecule has 20 heavy (non-hydrogen) atoms. The average Bonchev–Trinajstić information content (AvgIpc) is 2.36. The van der Waals surface area contributed by atoms with Crippen LogP contribution in [0.4, 0.5) is 0 Å². The second-order valence-corrected chi connectivity index (χ2v) is 7.18. The maximum Gasteiger partial charge on any atom is 0.242 e. The highest BCUT2D eigenvalue weighted by Crippen LogP contribution is 2.24. The van der Waals surface area contributed by atoms with Gasteiger partial charge in [0.25, 0.3) is 0 Å². The number of hydrogen-bond donors (Lipinski definition) is 2. The number of halogens is 2. The van der Waals surface area contributed by atoms with Gasteiger partial charge in [-0.1, -0.05) is 37.0 Å². The average molecular weight is 339 g/mol. The van der Waals surface area contributed by atoms with Crippen LogP contribution in [0, 0.1) is 5.92 Å². The lowest BCUT2D eigenvalue weighted by Crippen LogP contribution is -2.38. The van der Waals surface area contributed by atoms with Crippen molar-refractivity contribution in [3.05, 3.63) is 28.2 Å². The molecule has 0 heterocycles. The highest BCUT2D eigenvalue weighted by atomic mass is 35.5. The Morgan fingerprint density at radius 3 is 2.55 bits per heavy atom. The molecule has 1 aromatic carbocycles.